The molecule has 0 aliphatic heterocycles. The fourth-order valence-electron chi connectivity index (χ4n) is 2.62. The Kier molecular flexibility index (Phi) is 8.33. The van der Waals surface area contributed by atoms with Crippen molar-refractivity contribution in [3.8, 4) is 11.5 Å². The molecule has 0 saturated heterocycles. The monoisotopic (exact) mass is 420 g/mol. The summed E-state index contributed by atoms with van der Waals surface area (Å²) in [5.41, 5.74) is 1.06. The van der Waals surface area contributed by atoms with Crippen LogP contribution < -0.4 is 19.5 Å². The maximum atomic E-state index is 12.6. The van der Waals surface area contributed by atoms with Gasteiger partial charge in [0.05, 0.1) is 12.0 Å². The van der Waals surface area contributed by atoms with Crippen LogP contribution in [0, 0.1) is 6.92 Å². The summed E-state index contributed by atoms with van der Waals surface area (Å²) in [4.78, 5) is 11.9. The van der Waals surface area contributed by atoms with Gasteiger partial charge in [0, 0.05) is 12.2 Å². The van der Waals surface area contributed by atoms with Gasteiger partial charge in [-0.1, -0.05) is 19.8 Å². The van der Waals surface area contributed by atoms with Crippen LogP contribution in [0.2, 0.25) is 0 Å². The van der Waals surface area contributed by atoms with Crippen LogP contribution in [0.5, 0.6) is 11.5 Å². The first-order chi connectivity index (χ1) is 13.9. The van der Waals surface area contributed by atoms with Crippen LogP contribution in [0.4, 0.5) is 5.69 Å². The van der Waals surface area contributed by atoms with E-state index in [1.54, 1.807) is 44.4 Å². The van der Waals surface area contributed by atoms with E-state index in [0.29, 0.717) is 29.3 Å². The molecule has 0 heterocycles. The van der Waals surface area contributed by atoms with Crippen molar-refractivity contribution in [2.24, 2.45) is 0 Å². The normalized spacial score (nSPS) is 11.0. The minimum atomic E-state index is -3.75. The van der Waals surface area contributed by atoms with Crippen molar-refractivity contribution < 1.29 is 22.7 Å². The summed E-state index contributed by atoms with van der Waals surface area (Å²) in [6, 6.07) is 11.1. The quantitative estimate of drug-likeness (QED) is 0.543. The topological polar surface area (TPSA) is 93.7 Å². The fraction of sp³-hybridized carbons (Fsp3) is 0.381. The van der Waals surface area contributed by atoms with Gasteiger partial charge in [0.15, 0.2) is 6.61 Å². The van der Waals surface area contributed by atoms with E-state index in [-0.39, 0.29) is 17.4 Å². The Labute approximate surface area is 172 Å². The molecule has 1 amide bonds. The van der Waals surface area contributed by atoms with E-state index >= 15 is 0 Å². The summed E-state index contributed by atoms with van der Waals surface area (Å²) >= 11 is 0. The third-order valence-electron chi connectivity index (χ3n) is 4.26. The highest BCUT2D eigenvalue weighted by Crippen LogP contribution is 2.24. The molecule has 7 nitrogen and oxygen atoms in total. The fourth-order valence-corrected chi connectivity index (χ4v) is 3.76. The number of aryl methyl sites for hydroxylation is 1. The minimum Gasteiger partial charge on any atom is -0.497 e. The first-order valence-electron chi connectivity index (χ1n) is 9.52. The van der Waals surface area contributed by atoms with Gasteiger partial charge in [0.25, 0.3) is 15.9 Å². The van der Waals surface area contributed by atoms with Crippen LogP contribution in [0.1, 0.15) is 31.7 Å². The zero-order chi connectivity index (χ0) is 21.3. The second-order valence-corrected chi connectivity index (χ2v) is 8.29. The molecule has 2 aromatic carbocycles. The van der Waals surface area contributed by atoms with Gasteiger partial charge in [-0.2, -0.15) is 0 Å². The summed E-state index contributed by atoms with van der Waals surface area (Å²) in [7, 11) is -2.20. The first-order valence-corrected chi connectivity index (χ1v) is 11.0. The van der Waals surface area contributed by atoms with Crippen molar-refractivity contribution in [2.75, 3.05) is 25.0 Å². The van der Waals surface area contributed by atoms with Gasteiger partial charge in [-0.25, -0.2) is 8.42 Å². The number of hydrogen-bond acceptors (Lipinski definition) is 5. The number of ether oxygens (including phenoxy) is 2. The van der Waals surface area contributed by atoms with Crippen LogP contribution in [-0.2, 0) is 14.8 Å². The van der Waals surface area contributed by atoms with Crippen molar-refractivity contribution in [3.05, 3.63) is 48.0 Å². The van der Waals surface area contributed by atoms with Gasteiger partial charge < -0.3 is 14.8 Å². The Hall–Kier alpha value is -2.74. The number of nitrogens with one attached hydrogen (secondary N) is 2. The van der Waals surface area contributed by atoms with Gasteiger partial charge in [-0.15, -0.1) is 0 Å². The molecule has 0 saturated carbocycles. The molecule has 8 heteroatoms. The van der Waals surface area contributed by atoms with Crippen LogP contribution in [0.25, 0.3) is 0 Å². The van der Waals surface area contributed by atoms with Crippen molar-refractivity contribution in [1.82, 2.24) is 5.32 Å². The Morgan fingerprint density at radius 1 is 1.07 bits per heavy atom. The SMILES string of the molecule is CCCCCNC(=O)COc1ccc(S(=O)(=O)Nc2ccc(OC)cc2)cc1C. The summed E-state index contributed by atoms with van der Waals surface area (Å²) in [6.45, 7) is 4.36. The molecule has 0 aromatic heterocycles. The molecular weight excluding hydrogens is 392 g/mol. The second-order valence-electron chi connectivity index (χ2n) is 6.61. The summed E-state index contributed by atoms with van der Waals surface area (Å²) in [5.74, 6) is 0.912. The second kappa shape index (κ2) is 10.7. The number of sulfonamides is 1. The molecule has 158 valence electrons. The molecular formula is C21H28N2O5S. The number of hydrogen-bond donors (Lipinski definition) is 2. The van der Waals surface area contributed by atoms with Crippen molar-refractivity contribution in [2.45, 2.75) is 38.0 Å². The summed E-state index contributed by atoms with van der Waals surface area (Å²) in [5, 5.41) is 2.80. The van der Waals surface area contributed by atoms with Crippen LogP contribution in [0.15, 0.2) is 47.4 Å². The highest BCUT2D eigenvalue weighted by atomic mass is 32.2. The van der Waals surface area contributed by atoms with E-state index in [9.17, 15) is 13.2 Å². The lowest BCUT2D eigenvalue weighted by atomic mass is 10.2. The molecule has 2 rings (SSSR count). The molecule has 2 N–H and O–H groups in total. The average Bonchev–Trinajstić information content (AvgIpc) is 2.70. The van der Waals surface area contributed by atoms with E-state index in [4.69, 9.17) is 9.47 Å². The molecule has 0 radical (unpaired) electrons. The molecule has 0 aliphatic rings. The summed E-state index contributed by atoms with van der Waals surface area (Å²) < 4.78 is 38.3. The maximum absolute atomic E-state index is 12.6. The Balaban J connectivity index is 1.97. The molecule has 29 heavy (non-hydrogen) atoms. The van der Waals surface area contributed by atoms with Gasteiger partial charge in [-0.3, -0.25) is 9.52 Å². The number of anilines is 1. The van der Waals surface area contributed by atoms with Gasteiger partial charge in [0.2, 0.25) is 0 Å². The third kappa shape index (κ3) is 6.98. The lowest BCUT2D eigenvalue weighted by Gasteiger charge is -2.12. The number of carbonyl (C=O) groups excluding carboxylic acids is 1. The molecule has 0 spiro atoms. The van der Waals surface area contributed by atoms with Gasteiger partial charge >= 0.3 is 0 Å². The van der Waals surface area contributed by atoms with E-state index < -0.39 is 10.0 Å². The van der Waals surface area contributed by atoms with E-state index in [1.165, 1.54) is 12.1 Å². The van der Waals surface area contributed by atoms with Crippen LogP contribution in [-0.4, -0.2) is 34.6 Å². The third-order valence-corrected chi connectivity index (χ3v) is 5.64. The predicted molar refractivity (Wildman–Crippen MR) is 113 cm³/mol. The van der Waals surface area contributed by atoms with Crippen molar-refractivity contribution in [3.63, 3.8) is 0 Å². The summed E-state index contributed by atoms with van der Waals surface area (Å²) in [6.07, 6.45) is 3.10. The average molecular weight is 421 g/mol. The molecule has 0 aliphatic carbocycles. The number of methoxy groups -OCH3 is 1. The lowest BCUT2D eigenvalue weighted by molar-refractivity contribution is -0.123. The minimum absolute atomic E-state index is 0.108. The number of benzene rings is 2. The predicted octanol–water partition coefficient (Wildman–Crippen LogP) is 3.49. The molecule has 2 aromatic rings. The Morgan fingerprint density at radius 3 is 2.41 bits per heavy atom. The molecule has 0 bridgehead atoms. The first kappa shape index (κ1) is 22.5. The Bertz CT molecular complexity index is 911. The standard InChI is InChI=1S/C21H28N2O5S/c1-4-5-6-13-22-21(24)15-28-20-12-11-19(14-16(20)2)29(25,26)23-17-7-9-18(27-3)10-8-17/h7-12,14,23H,4-6,13,15H2,1-3H3,(H,22,24). The van der Waals surface area contributed by atoms with Crippen LogP contribution >= 0.6 is 0 Å². The number of amides is 1. The Morgan fingerprint density at radius 2 is 1.79 bits per heavy atom. The zero-order valence-electron chi connectivity index (χ0n) is 17.0. The smallest absolute Gasteiger partial charge is 0.261 e. The number of carbonyl (C=O) groups is 1. The van der Waals surface area contributed by atoms with E-state index in [1.807, 2.05) is 0 Å². The van der Waals surface area contributed by atoms with Gasteiger partial charge in [0.1, 0.15) is 11.5 Å². The molecule has 0 fully saturated rings. The largest absolute Gasteiger partial charge is 0.497 e. The lowest BCUT2D eigenvalue weighted by Crippen LogP contribution is -2.29. The highest BCUT2D eigenvalue weighted by molar-refractivity contribution is 7.92. The molecule has 0 atom stereocenters. The van der Waals surface area contributed by atoms with Crippen LogP contribution in [0.3, 0.4) is 0 Å². The molecule has 0 unspecified atom stereocenters. The van der Waals surface area contributed by atoms with E-state index in [2.05, 4.69) is 17.0 Å². The van der Waals surface area contributed by atoms with Crippen molar-refractivity contribution in [1.29, 1.82) is 0 Å². The maximum Gasteiger partial charge on any atom is 0.261 e. The van der Waals surface area contributed by atoms with Gasteiger partial charge in [-0.05, 0) is 61.4 Å². The number of rotatable bonds is 11. The van der Waals surface area contributed by atoms with Crippen molar-refractivity contribution >= 4 is 21.6 Å². The highest BCUT2D eigenvalue weighted by Gasteiger charge is 2.16. The van der Waals surface area contributed by atoms with E-state index in [0.717, 1.165) is 19.3 Å². The zero-order valence-corrected chi connectivity index (χ0v) is 17.8. The number of unbranched alkanes of at least 4 members (excludes halogenated alkanes) is 2.